The van der Waals surface area contributed by atoms with E-state index in [1.807, 2.05) is 0 Å². The number of aromatic amines is 1. The summed E-state index contributed by atoms with van der Waals surface area (Å²) < 4.78 is 38.9. The molecule has 3 heterocycles. The highest BCUT2D eigenvalue weighted by Gasteiger charge is 2.34. The molecule has 8 nitrogen and oxygen atoms in total. The molecular weight excluding hydrogens is 471 g/mol. The Morgan fingerprint density at radius 1 is 1.15 bits per heavy atom. The lowest BCUT2D eigenvalue weighted by molar-refractivity contribution is -0.384. The Bertz CT molecular complexity index is 1310. The number of halogens is 3. The van der Waals surface area contributed by atoms with E-state index in [2.05, 4.69) is 9.88 Å². The maximum absolute atomic E-state index is 13.0. The van der Waals surface area contributed by atoms with E-state index >= 15 is 0 Å². The summed E-state index contributed by atoms with van der Waals surface area (Å²) in [4.78, 5) is 36.8. The molecule has 0 spiro atoms. The summed E-state index contributed by atoms with van der Waals surface area (Å²) in [6.45, 7) is 2.30. The second-order valence-electron chi connectivity index (χ2n) is 8.63. The van der Waals surface area contributed by atoms with Gasteiger partial charge in [0, 0.05) is 37.1 Å². The van der Waals surface area contributed by atoms with Gasteiger partial charge < -0.3 is 9.88 Å². The van der Waals surface area contributed by atoms with E-state index in [0.717, 1.165) is 42.1 Å². The fraction of sp³-hybridized carbons (Fsp3) is 0.455. The van der Waals surface area contributed by atoms with Crippen LogP contribution in [0.15, 0.2) is 23.0 Å². The third-order valence-corrected chi connectivity index (χ3v) is 7.65. The van der Waals surface area contributed by atoms with Crippen molar-refractivity contribution in [3.63, 3.8) is 0 Å². The van der Waals surface area contributed by atoms with Crippen LogP contribution in [-0.4, -0.2) is 46.0 Å². The smallest absolute Gasteiger partial charge is 0.363 e. The molecule has 1 N–H and O–H groups in total. The number of benzene rings is 1. The molecule has 1 fully saturated rings. The number of nitrogens with one attached hydrogen (secondary N) is 1. The van der Waals surface area contributed by atoms with Gasteiger partial charge in [0.2, 0.25) is 0 Å². The van der Waals surface area contributed by atoms with Crippen LogP contribution in [0, 0.1) is 10.1 Å². The Labute approximate surface area is 196 Å². The van der Waals surface area contributed by atoms with Crippen LogP contribution < -0.4 is 10.5 Å². The number of alkyl halides is 3. The topological polar surface area (TPSA) is 95.4 Å². The number of fused-ring (bicyclic) bond motifs is 3. The van der Waals surface area contributed by atoms with Crippen molar-refractivity contribution in [2.24, 2.45) is 0 Å². The van der Waals surface area contributed by atoms with Crippen molar-refractivity contribution in [3.05, 3.63) is 60.5 Å². The molecule has 0 saturated carbocycles. The van der Waals surface area contributed by atoms with Crippen LogP contribution in [0.2, 0.25) is 0 Å². The fourth-order valence-electron chi connectivity index (χ4n) is 4.76. The molecule has 0 radical (unpaired) electrons. The van der Waals surface area contributed by atoms with Crippen LogP contribution in [0.4, 0.5) is 24.5 Å². The van der Waals surface area contributed by atoms with E-state index < -0.39 is 22.4 Å². The molecule has 0 atom stereocenters. The number of thiophene rings is 1. The second-order valence-corrected chi connectivity index (χ2v) is 9.71. The molecule has 3 aromatic rings. The largest absolute Gasteiger partial charge is 0.416 e. The zero-order valence-corrected chi connectivity index (χ0v) is 19.0. The Hall–Kier alpha value is -2.99. The van der Waals surface area contributed by atoms with E-state index in [4.69, 9.17) is 4.98 Å². The Balaban J connectivity index is 1.30. The molecule has 2 aromatic heterocycles. The number of aromatic nitrogens is 2. The minimum absolute atomic E-state index is 0.113. The molecule has 5 rings (SSSR count). The van der Waals surface area contributed by atoms with Gasteiger partial charge in [-0.05, 0) is 43.4 Å². The molecular formula is C22H22F3N5O3S. The van der Waals surface area contributed by atoms with Gasteiger partial charge in [0.05, 0.1) is 22.4 Å². The summed E-state index contributed by atoms with van der Waals surface area (Å²) in [5.41, 5.74) is -0.393. The first kappa shape index (κ1) is 22.8. The highest BCUT2D eigenvalue weighted by molar-refractivity contribution is 7.18. The molecule has 12 heteroatoms. The fourth-order valence-corrected chi connectivity index (χ4v) is 6.04. The summed E-state index contributed by atoms with van der Waals surface area (Å²) in [7, 11) is 0. The number of hydrogen-bond donors (Lipinski definition) is 1. The summed E-state index contributed by atoms with van der Waals surface area (Å²) >= 11 is 1.59. The number of rotatable bonds is 4. The molecule has 1 aliphatic heterocycles. The van der Waals surface area contributed by atoms with Crippen LogP contribution in [0.3, 0.4) is 0 Å². The van der Waals surface area contributed by atoms with Gasteiger partial charge >= 0.3 is 6.18 Å². The van der Waals surface area contributed by atoms with Gasteiger partial charge in [-0.3, -0.25) is 19.8 Å². The van der Waals surface area contributed by atoms with Crippen LogP contribution in [-0.2, 0) is 25.6 Å². The molecule has 1 aromatic carbocycles. The molecule has 0 amide bonds. The molecule has 0 unspecified atom stereocenters. The predicted octanol–water partition coefficient (Wildman–Crippen LogP) is 4.11. The van der Waals surface area contributed by atoms with E-state index in [1.54, 1.807) is 16.2 Å². The van der Waals surface area contributed by atoms with Crippen molar-refractivity contribution in [3.8, 4) is 0 Å². The standard InChI is InChI=1S/C22H22F3N5O3S/c23-22(24,25)13-5-6-15(16(11-13)30(32)33)29-9-7-28(8-10-29)12-18-26-20(31)19-14-3-1-2-4-17(14)34-21(19)27-18/h5-6,11H,1-4,7-10,12H2,(H,26,27,31). The summed E-state index contributed by atoms with van der Waals surface area (Å²) in [6.07, 6.45) is -0.525. The number of aryl methyl sites for hydroxylation is 2. The van der Waals surface area contributed by atoms with Gasteiger partial charge in [0.1, 0.15) is 16.3 Å². The highest BCUT2D eigenvalue weighted by atomic mass is 32.1. The number of piperazine rings is 1. The summed E-state index contributed by atoms with van der Waals surface area (Å²) in [6, 6.07) is 2.63. The lowest BCUT2D eigenvalue weighted by Crippen LogP contribution is -2.46. The first-order chi connectivity index (χ1) is 16.2. The minimum atomic E-state index is -4.64. The summed E-state index contributed by atoms with van der Waals surface area (Å²) in [5, 5.41) is 12.1. The van der Waals surface area contributed by atoms with Crippen LogP contribution in [0.1, 0.15) is 34.7 Å². The second kappa shape index (κ2) is 8.66. The monoisotopic (exact) mass is 493 g/mol. The Morgan fingerprint density at radius 2 is 1.88 bits per heavy atom. The zero-order chi connectivity index (χ0) is 24.0. The first-order valence-corrected chi connectivity index (χ1v) is 11.9. The average Bonchev–Trinajstić information content (AvgIpc) is 3.17. The molecule has 2 aliphatic rings. The summed E-state index contributed by atoms with van der Waals surface area (Å²) in [5.74, 6) is 0.574. The van der Waals surface area contributed by atoms with Crippen LogP contribution in [0.25, 0.3) is 10.2 Å². The normalized spacial score (nSPS) is 17.2. The molecule has 1 saturated heterocycles. The maximum atomic E-state index is 13.0. The predicted molar refractivity (Wildman–Crippen MR) is 122 cm³/mol. The van der Waals surface area contributed by atoms with Crippen molar-refractivity contribution in [2.45, 2.75) is 38.4 Å². The van der Waals surface area contributed by atoms with E-state index in [0.29, 0.717) is 50.0 Å². The number of hydrogen-bond acceptors (Lipinski definition) is 7. The molecule has 1 aliphatic carbocycles. The number of H-pyrrole nitrogens is 1. The number of nitrogens with zero attached hydrogens (tertiary/aromatic N) is 4. The van der Waals surface area contributed by atoms with Gasteiger partial charge in [0.25, 0.3) is 11.2 Å². The van der Waals surface area contributed by atoms with Crippen molar-refractivity contribution in [2.75, 3.05) is 31.1 Å². The van der Waals surface area contributed by atoms with Gasteiger partial charge in [0.15, 0.2) is 0 Å². The van der Waals surface area contributed by atoms with Gasteiger partial charge in [-0.25, -0.2) is 4.98 Å². The third-order valence-electron chi connectivity index (χ3n) is 6.46. The number of nitro groups is 1. The van der Waals surface area contributed by atoms with Crippen molar-refractivity contribution in [1.82, 2.24) is 14.9 Å². The van der Waals surface area contributed by atoms with Crippen LogP contribution >= 0.6 is 11.3 Å². The molecule has 34 heavy (non-hydrogen) atoms. The van der Waals surface area contributed by atoms with Crippen molar-refractivity contribution < 1.29 is 18.1 Å². The van der Waals surface area contributed by atoms with E-state index in [1.165, 1.54) is 10.9 Å². The van der Waals surface area contributed by atoms with E-state index in [-0.39, 0.29) is 11.2 Å². The van der Waals surface area contributed by atoms with Gasteiger partial charge in [-0.1, -0.05) is 0 Å². The minimum Gasteiger partial charge on any atom is -0.363 e. The first-order valence-electron chi connectivity index (χ1n) is 11.1. The SMILES string of the molecule is O=c1[nH]c(CN2CCN(c3ccc(C(F)(F)F)cc3[N+](=O)[O-])CC2)nc2sc3c(c12)CCCC3. The maximum Gasteiger partial charge on any atom is 0.416 e. The number of nitro benzene ring substituents is 1. The van der Waals surface area contributed by atoms with E-state index in [9.17, 15) is 28.1 Å². The molecule has 180 valence electrons. The Kier molecular flexibility index (Phi) is 5.80. The van der Waals surface area contributed by atoms with Crippen molar-refractivity contribution >= 4 is 32.9 Å². The van der Waals surface area contributed by atoms with Gasteiger partial charge in [-0.2, -0.15) is 13.2 Å². The number of anilines is 1. The third kappa shape index (κ3) is 4.27. The lowest BCUT2D eigenvalue weighted by Gasteiger charge is -2.35. The average molecular weight is 494 g/mol. The molecule has 0 bridgehead atoms. The quantitative estimate of drug-likeness (QED) is 0.434. The van der Waals surface area contributed by atoms with Crippen molar-refractivity contribution in [1.29, 1.82) is 0 Å². The lowest BCUT2D eigenvalue weighted by atomic mass is 9.97. The van der Waals surface area contributed by atoms with Gasteiger partial charge in [-0.15, -0.1) is 11.3 Å². The highest BCUT2D eigenvalue weighted by Crippen LogP contribution is 2.37. The Morgan fingerprint density at radius 3 is 2.59 bits per heavy atom. The zero-order valence-electron chi connectivity index (χ0n) is 18.2. The van der Waals surface area contributed by atoms with Crippen LogP contribution in [0.5, 0.6) is 0 Å².